The van der Waals surface area contributed by atoms with Crippen molar-refractivity contribution in [1.82, 2.24) is 9.47 Å². The minimum Gasteiger partial charge on any atom is -0.340 e. The Morgan fingerprint density at radius 3 is 2.83 bits per heavy atom. The summed E-state index contributed by atoms with van der Waals surface area (Å²) in [6.45, 7) is 0.836. The molecule has 18 heavy (non-hydrogen) atoms. The number of hydrogen-bond acceptors (Lipinski definition) is 1. The Morgan fingerprint density at radius 2 is 2.06 bits per heavy atom. The Kier molecular flexibility index (Phi) is 2.70. The molecule has 0 saturated heterocycles. The van der Waals surface area contributed by atoms with Crippen LogP contribution in [0.25, 0.3) is 10.9 Å². The van der Waals surface area contributed by atoms with E-state index < -0.39 is 0 Å². The van der Waals surface area contributed by atoms with Gasteiger partial charge >= 0.3 is 0 Å². The number of halogens is 1. The molecule has 3 nitrogen and oxygen atoms in total. The average Bonchev–Trinajstić information content (AvgIpc) is 2.51. The first kappa shape index (κ1) is 11.8. The fourth-order valence-electron chi connectivity index (χ4n) is 2.79. The molecule has 1 amide bonds. The zero-order valence-electron chi connectivity index (χ0n) is 10.5. The molecule has 1 aromatic heterocycles. The lowest BCUT2D eigenvalue weighted by Gasteiger charge is -2.14. The molecule has 94 valence electrons. The Balaban J connectivity index is 2.36. The molecule has 0 N–H and O–H groups in total. The summed E-state index contributed by atoms with van der Waals surface area (Å²) in [6.07, 6.45) is 2.00. The van der Waals surface area contributed by atoms with E-state index in [9.17, 15) is 4.79 Å². The van der Waals surface area contributed by atoms with E-state index in [0.29, 0.717) is 0 Å². The van der Waals surface area contributed by atoms with E-state index in [2.05, 4.69) is 28.1 Å². The molecule has 0 radical (unpaired) electrons. The summed E-state index contributed by atoms with van der Waals surface area (Å²) in [5.74, 6) is 0.136. The van der Waals surface area contributed by atoms with Gasteiger partial charge in [-0.15, -0.1) is 0 Å². The zero-order chi connectivity index (χ0) is 12.9. The van der Waals surface area contributed by atoms with E-state index in [-0.39, 0.29) is 5.91 Å². The van der Waals surface area contributed by atoms with Crippen LogP contribution in [0.3, 0.4) is 0 Å². The monoisotopic (exact) mass is 306 g/mol. The van der Waals surface area contributed by atoms with Crippen LogP contribution in [-0.4, -0.2) is 29.0 Å². The molecule has 0 atom stereocenters. The first-order valence-electron chi connectivity index (χ1n) is 6.12. The largest absolute Gasteiger partial charge is 0.340 e. The van der Waals surface area contributed by atoms with Crippen molar-refractivity contribution in [2.24, 2.45) is 7.05 Å². The maximum Gasteiger partial charge on any atom is 0.270 e. The lowest BCUT2D eigenvalue weighted by Crippen LogP contribution is -2.27. The Bertz CT molecular complexity index is 645. The van der Waals surface area contributed by atoms with Crippen LogP contribution in [0.2, 0.25) is 0 Å². The predicted octanol–water partition coefficient (Wildman–Crippen LogP) is 2.96. The molecule has 0 saturated carbocycles. The Morgan fingerprint density at radius 1 is 1.28 bits per heavy atom. The number of carbonyl (C=O) groups is 1. The summed E-state index contributed by atoms with van der Waals surface area (Å²) in [5.41, 5.74) is 3.18. The smallest absolute Gasteiger partial charge is 0.270 e. The summed E-state index contributed by atoms with van der Waals surface area (Å²) in [7, 11) is 3.86. The first-order chi connectivity index (χ1) is 8.59. The van der Waals surface area contributed by atoms with E-state index in [4.69, 9.17) is 0 Å². The van der Waals surface area contributed by atoms with E-state index in [0.717, 1.165) is 35.1 Å². The van der Waals surface area contributed by atoms with Gasteiger partial charge in [-0.1, -0.05) is 15.9 Å². The standard InChI is InChI=1S/C14H15BrN2O/c1-16-7-3-4-10-11-8-9(15)5-6-12(11)17(2)13(10)14(16)18/h5-6,8H,3-4,7H2,1-2H3. The summed E-state index contributed by atoms with van der Waals surface area (Å²) in [4.78, 5) is 14.2. The molecule has 2 heterocycles. The van der Waals surface area contributed by atoms with E-state index >= 15 is 0 Å². The number of nitrogens with zero attached hydrogens (tertiary/aromatic N) is 2. The molecule has 0 fully saturated rings. The van der Waals surface area contributed by atoms with Gasteiger partial charge in [-0.2, -0.15) is 0 Å². The first-order valence-corrected chi connectivity index (χ1v) is 6.91. The number of hydrogen-bond donors (Lipinski definition) is 0. The maximum absolute atomic E-state index is 12.4. The summed E-state index contributed by atoms with van der Waals surface area (Å²) < 4.78 is 3.09. The van der Waals surface area contributed by atoms with Gasteiger partial charge in [0, 0.05) is 36.0 Å². The van der Waals surface area contributed by atoms with Crippen molar-refractivity contribution in [2.75, 3.05) is 13.6 Å². The van der Waals surface area contributed by atoms with E-state index in [1.165, 1.54) is 10.9 Å². The number of fused-ring (bicyclic) bond motifs is 3. The quantitative estimate of drug-likeness (QED) is 0.734. The fraction of sp³-hybridized carbons (Fsp3) is 0.357. The van der Waals surface area contributed by atoms with Gasteiger partial charge in [0.2, 0.25) is 0 Å². The molecule has 0 spiro atoms. The van der Waals surface area contributed by atoms with Gasteiger partial charge in [0.25, 0.3) is 5.91 Å². The lowest BCUT2D eigenvalue weighted by atomic mass is 10.1. The van der Waals surface area contributed by atoms with Crippen LogP contribution < -0.4 is 0 Å². The van der Waals surface area contributed by atoms with Gasteiger partial charge in [-0.05, 0) is 36.6 Å². The number of amides is 1. The van der Waals surface area contributed by atoms with Crippen molar-refractivity contribution in [3.05, 3.63) is 33.9 Å². The van der Waals surface area contributed by atoms with Crippen molar-refractivity contribution >= 4 is 32.7 Å². The molecule has 1 aliphatic heterocycles. The minimum atomic E-state index is 0.136. The molecular weight excluding hydrogens is 292 g/mol. The average molecular weight is 307 g/mol. The molecule has 1 aromatic carbocycles. The third-order valence-corrected chi connectivity index (χ3v) is 4.23. The number of aromatic nitrogens is 1. The van der Waals surface area contributed by atoms with E-state index in [1.54, 1.807) is 0 Å². The number of carbonyl (C=O) groups excluding carboxylic acids is 1. The molecule has 0 unspecified atom stereocenters. The maximum atomic E-state index is 12.4. The highest BCUT2D eigenvalue weighted by molar-refractivity contribution is 9.10. The van der Waals surface area contributed by atoms with Gasteiger partial charge in [-0.25, -0.2) is 0 Å². The van der Waals surface area contributed by atoms with Crippen LogP contribution in [0.5, 0.6) is 0 Å². The third kappa shape index (κ3) is 1.59. The van der Waals surface area contributed by atoms with Crippen LogP contribution in [0, 0.1) is 0 Å². The molecule has 3 rings (SSSR count). The van der Waals surface area contributed by atoms with Gasteiger partial charge < -0.3 is 9.47 Å². The second kappa shape index (κ2) is 4.12. The van der Waals surface area contributed by atoms with Crippen LogP contribution in [0.4, 0.5) is 0 Å². The van der Waals surface area contributed by atoms with Gasteiger partial charge in [0.05, 0.1) is 0 Å². The molecule has 2 aromatic rings. The summed E-state index contributed by atoms with van der Waals surface area (Å²) in [5, 5.41) is 1.20. The van der Waals surface area contributed by atoms with Gasteiger partial charge in [-0.3, -0.25) is 4.79 Å². The van der Waals surface area contributed by atoms with Crippen LogP contribution >= 0.6 is 15.9 Å². The number of aryl methyl sites for hydroxylation is 2. The van der Waals surface area contributed by atoms with Crippen molar-refractivity contribution in [3.63, 3.8) is 0 Å². The van der Waals surface area contributed by atoms with Gasteiger partial charge in [0.1, 0.15) is 5.69 Å². The minimum absolute atomic E-state index is 0.136. The highest BCUT2D eigenvalue weighted by Gasteiger charge is 2.25. The molecule has 1 aliphatic rings. The zero-order valence-corrected chi connectivity index (χ0v) is 12.1. The normalized spacial score (nSPS) is 15.9. The van der Waals surface area contributed by atoms with Crippen molar-refractivity contribution < 1.29 is 4.79 Å². The molecule has 0 aliphatic carbocycles. The fourth-order valence-corrected chi connectivity index (χ4v) is 3.15. The van der Waals surface area contributed by atoms with Crippen molar-refractivity contribution in [1.29, 1.82) is 0 Å². The summed E-state index contributed by atoms with van der Waals surface area (Å²) in [6, 6.07) is 6.21. The molecule has 4 heteroatoms. The van der Waals surface area contributed by atoms with Crippen LogP contribution in [0.15, 0.2) is 22.7 Å². The van der Waals surface area contributed by atoms with Gasteiger partial charge in [0.15, 0.2) is 0 Å². The predicted molar refractivity (Wildman–Crippen MR) is 75.9 cm³/mol. The highest BCUT2D eigenvalue weighted by atomic mass is 79.9. The van der Waals surface area contributed by atoms with E-state index in [1.807, 2.05) is 29.6 Å². The highest BCUT2D eigenvalue weighted by Crippen LogP contribution is 2.31. The van der Waals surface area contributed by atoms with Crippen LogP contribution in [0.1, 0.15) is 22.5 Å². The molecular formula is C14H15BrN2O. The van der Waals surface area contributed by atoms with Crippen LogP contribution in [-0.2, 0) is 13.5 Å². The Labute approximate surface area is 115 Å². The Hall–Kier alpha value is -1.29. The third-order valence-electron chi connectivity index (χ3n) is 3.74. The van der Waals surface area contributed by atoms with Crippen molar-refractivity contribution in [2.45, 2.75) is 12.8 Å². The lowest BCUT2D eigenvalue weighted by molar-refractivity contribution is 0.0791. The number of benzene rings is 1. The SMILES string of the molecule is CN1CCCc2c(n(C)c3ccc(Br)cc23)C1=O. The topological polar surface area (TPSA) is 25.2 Å². The summed E-state index contributed by atoms with van der Waals surface area (Å²) >= 11 is 3.51. The van der Waals surface area contributed by atoms with Crippen molar-refractivity contribution in [3.8, 4) is 0 Å². The number of rotatable bonds is 0. The second-order valence-corrected chi connectivity index (χ2v) is 5.79. The second-order valence-electron chi connectivity index (χ2n) is 4.88. The molecule has 0 bridgehead atoms.